The number of aryl methyl sites for hydroxylation is 1. The Morgan fingerprint density at radius 2 is 2.07 bits per heavy atom. The summed E-state index contributed by atoms with van der Waals surface area (Å²) >= 11 is 6.13. The van der Waals surface area contributed by atoms with Crippen LogP contribution >= 0.6 is 11.6 Å². The van der Waals surface area contributed by atoms with E-state index in [1.165, 1.54) is 16.7 Å². The number of ether oxygens (including phenoxy) is 1. The summed E-state index contributed by atoms with van der Waals surface area (Å²) in [6.07, 6.45) is 1.88. The van der Waals surface area contributed by atoms with E-state index < -0.39 is 0 Å². The van der Waals surface area contributed by atoms with Crippen molar-refractivity contribution in [2.45, 2.75) is 26.7 Å². The van der Waals surface area contributed by atoms with Gasteiger partial charge in [0.25, 0.3) is 0 Å². The zero-order chi connectivity index (χ0) is 11.4. The van der Waals surface area contributed by atoms with Crippen LogP contribution in [0, 0.1) is 13.8 Å². The van der Waals surface area contributed by atoms with Crippen molar-refractivity contribution in [1.29, 1.82) is 0 Å². The Labute approximate surface area is 96.4 Å². The lowest BCUT2D eigenvalue weighted by Crippen LogP contribution is -2.04. The van der Waals surface area contributed by atoms with Crippen molar-refractivity contribution in [1.82, 2.24) is 0 Å². The van der Waals surface area contributed by atoms with Crippen molar-refractivity contribution in [2.24, 2.45) is 5.73 Å². The van der Waals surface area contributed by atoms with Crippen LogP contribution < -0.4 is 10.5 Å². The molecule has 0 saturated carbocycles. The molecule has 0 saturated heterocycles. The molecule has 0 heterocycles. The molecule has 2 nitrogen and oxygen atoms in total. The number of hydrogen-bond donors (Lipinski definition) is 1. The first-order chi connectivity index (χ1) is 7.11. The van der Waals surface area contributed by atoms with Gasteiger partial charge in [0.05, 0.1) is 12.1 Å². The predicted molar refractivity (Wildman–Crippen MR) is 64.9 cm³/mol. The van der Waals surface area contributed by atoms with E-state index in [9.17, 15) is 0 Å². The third-order valence-corrected chi connectivity index (χ3v) is 2.99. The molecule has 0 amide bonds. The number of rotatable bonds is 4. The summed E-state index contributed by atoms with van der Waals surface area (Å²) in [4.78, 5) is 0. The van der Waals surface area contributed by atoms with E-state index in [4.69, 9.17) is 22.1 Å². The number of benzene rings is 1. The minimum absolute atomic E-state index is 0.688. The SMILES string of the molecule is COc1c(Cl)cc(C)c(C)c1CCCN. The molecule has 0 bridgehead atoms. The van der Waals surface area contributed by atoms with Crippen LogP contribution in [0.1, 0.15) is 23.1 Å². The zero-order valence-corrected chi connectivity index (χ0v) is 10.3. The van der Waals surface area contributed by atoms with Crippen molar-refractivity contribution < 1.29 is 4.74 Å². The lowest BCUT2D eigenvalue weighted by Gasteiger charge is -2.15. The third kappa shape index (κ3) is 2.64. The van der Waals surface area contributed by atoms with Crippen LogP contribution in [0.15, 0.2) is 6.07 Å². The first kappa shape index (κ1) is 12.3. The molecule has 84 valence electrons. The van der Waals surface area contributed by atoms with Gasteiger partial charge < -0.3 is 10.5 Å². The zero-order valence-electron chi connectivity index (χ0n) is 9.56. The molecule has 2 N–H and O–H groups in total. The standard InChI is InChI=1S/C12H18ClNO/c1-8-7-11(13)12(15-3)10(9(8)2)5-4-6-14/h7H,4-6,14H2,1-3H3. The van der Waals surface area contributed by atoms with Gasteiger partial charge in [-0.15, -0.1) is 0 Å². The summed E-state index contributed by atoms with van der Waals surface area (Å²) in [5.74, 6) is 0.799. The maximum absolute atomic E-state index is 6.13. The first-order valence-corrected chi connectivity index (χ1v) is 5.52. The molecular weight excluding hydrogens is 210 g/mol. The smallest absolute Gasteiger partial charge is 0.140 e. The summed E-state index contributed by atoms with van der Waals surface area (Å²) in [7, 11) is 1.65. The average Bonchev–Trinajstić information content (AvgIpc) is 2.21. The van der Waals surface area contributed by atoms with E-state index in [-0.39, 0.29) is 0 Å². The Hall–Kier alpha value is -0.730. The number of methoxy groups -OCH3 is 1. The number of halogens is 1. The van der Waals surface area contributed by atoms with E-state index in [0.29, 0.717) is 11.6 Å². The van der Waals surface area contributed by atoms with Crippen LogP contribution in [-0.2, 0) is 6.42 Å². The summed E-state index contributed by atoms with van der Waals surface area (Å²) in [6, 6.07) is 1.95. The van der Waals surface area contributed by atoms with Gasteiger partial charge in [0.15, 0.2) is 0 Å². The Kier molecular flexibility index (Phi) is 4.43. The molecule has 0 aliphatic rings. The topological polar surface area (TPSA) is 35.2 Å². The second kappa shape index (κ2) is 5.38. The Balaban J connectivity index is 3.18. The molecule has 0 spiro atoms. The minimum atomic E-state index is 0.688. The van der Waals surface area contributed by atoms with Crippen LogP contribution in [0.25, 0.3) is 0 Å². The highest BCUT2D eigenvalue weighted by Crippen LogP contribution is 2.33. The second-order valence-corrected chi connectivity index (χ2v) is 4.11. The lowest BCUT2D eigenvalue weighted by molar-refractivity contribution is 0.409. The van der Waals surface area contributed by atoms with Crippen molar-refractivity contribution >= 4 is 11.6 Å². The predicted octanol–water partition coefficient (Wildman–Crippen LogP) is 2.86. The molecule has 3 heteroatoms. The van der Waals surface area contributed by atoms with Gasteiger partial charge in [-0.3, -0.25) is 0 Å². The molecule has 1 rings (SSSR count). The van der Waals surface area contributed by atoms with Crippen molar-refractivity contribution in [3.63, 3.8) is 0 Å². The van der Waals surface area contributed by atoms with E-state index in [1.54, 1.807) is 7.11 Å². The molecule has 1 aromatic carbocycles. The molecular formula is C12H18ClNO. The molecule has 1 aromatic rings. The second-order valence-electron chi connectivity index (χ2n) is 3.70. The summed E-state index contributed by atoms with van der Waals surface area (Å²) < 4.78 is 5.34. The highest BCUT2D eigenvalue weighted by molar-refractivity contribution is 6.32. The van der Waals surface area contributed by atoms with Gasteiger partial charge in [0.1, 0.15) is 5.75 Å². The molecule has 0 radical (unpaired) electrons. The van der Waals surface area contributed by atoms with Crippen LogP contribution in [0.2, 0.25) is 5.02 Å². The molecule has 0 aliphatic heterocycles. The fourth-order valence-corrected chi connectivity index (χ4v) is 2.07. The van der Waals surface area contributed by atoms with Crippen LogP contribution in [0.3, 0.4) is 0 Å². The van der Waals surface area contributed by atoms with E-state index in [1.807, 2.05) is 6.07 Å². The fraction of sp³-hybridized carbons (Fsp3) is 0.500. The molecule has 0 unspecified atom stereocenters. The van der Waals surface area contributed by atoms with Gasteiger partial charge in [-0.25, -0.2) is 0 Å². The quantitative estimate of drug-likeness (QED) is 0.859. The van der Waals surface area contributed by atoms with E-state index in [2.05, 4.69) is 13.8 Å². The molecule has 0 aromatic heterocycles. The highest BCUT2D eigenvalue weighted by Gasteiger charge is 2.12. The summed E-state index contributed by atoms with van der Waals surface area (Å²) in [5, 5.41) is 0.688. The monoisotopic (exact) mass is 227 g/mol. The van der Waals surface area contributed by atoms with Gasteiger partial charge in [-0.1, -0.05) is 11.6 Å². The molecule has 0 aliphatic carbocycles. The van der Waals surface area contributed by atoms with E-state index >= 15 is 0 Å². The van der Waals surface area contributed by atoms with Gasteiger partial charge in [-0.2, -0.15) is 0 Å². The molecule has 0 fully saturated rings. The van der Waals surface area contributed by atoms with Crippen LogP contribution in [0.4, 0.5) is 0 Å². The van der Waals surface area contributed by atoms with Crippen molar-refractivity contribution in [3.05, 3.63) is 27.8 Å². The number of hydrogen-bond acceptors (Lipinski definition) is 2. The fourth-order valence-electron chi connectivity index (χ4n) is 1.72. The first-order valence-electron chi connectivity index (χ1n) is 5.14. The van der Waals surface area contributed by atoms with Crippen molar-refractivity contribution in [3.8, 4) is 5.75 Å². The summed E-state index contributed by atoms with van der Waals surface area (Å²) in [5.41, 5.74) is 9.16. The van der Waals surface area contributed by atoms with Gasteiger partial charge in [0, 0.05) is 0 Å². The largest absolute Gasteiger partial charge is 0.495 e. The minimum Gasteiger partial charge on any atom is -0.495 e. The molecule has 0 atom stereocenters. The number of nitrogens with two attached hydrogens (primary N) is 1. The van der Waals surface area contributed by atoms with Gasteiger partial charge in [0.2, 0.25) is 0 Å². The van der Waals surface area contributed by atoms with Crippen molar-refractivity contribution in [2.75, 3.05) is 13.7 Å². The maximum Gasteiger partial charge on any atom is 0.140 e. The summed E-state index contributed by atoms with van der Waals surface area (Å²) in [6.45, 7) is 4.85. The Bertz CT molecular complexity index is 350. The van der Waals surface area contributed by atoms with Crippen LogP contribution in [0.5, 0.6) is 5.75 Å². The van der Waals surface area contributed by atoms with Crippen LogP contribution in [-0.4, -0.2) is 13.7 Å². The normalized spacial score (nSPS) is 10.5. The Morgan fingerprint density at radius 3 is 2.60 bits per heavy atom. The average molecular weight is 228 g/mol. The van der Waals surface area contributed by atoms with Gasteiger partial charge >= 0.3 is 0 Å². The lowest BCUT2D eigenvalue weighted by atomic mass is 9.98. The third-order valence-electron chi connectivity index (χ3n) is 2.71. The van der Waals surface area contributed by atoms with Gasteiger partial charge in [-0.05, 0) is 56.0 Å². The van der Waals surface area contributed by atoms with E-state index in [0.717, 1.165) is 18.6 Å². The molecule has 15 heavy (non-hydrogen) atoms. The maximum atomic E-state index is 6.13. The Morgan fingerprint density at radius 1 is 1.40 bits per heavy atom. The highest BCUT2D eigenvalue weighted by atomic mass is 35.5.